The Balaban J connectivity index is 2.07. The fourth-order valence-electron chi connectivity index (χ4n) is 2.24. The Morgan fingerprint density at radius 2 is 2.00 bits per heavy atom. The SMILES string of the molecule is Cc1nn(C)cc1C(C)NC(=O)C(C)n1ccc(C(=O)O)n1. The number of carboxylic acid groups (broad SMARTS) is 1. The Bertz CT molecular complexity index is 703. The van der Waals surface area contributed by atoms with Crippen molar-refractivity contribution in [3.05, 3.63) is 35.4 Å². The van der Waals surface area contributed by atoms with Crippen LogP contribution in [0, 0.1) is 6.92 Å². The van der Waals surface area contributed by atoms with Gasteiger partial charge < -0.3 is 10.4 Å². The van der Waals surface area contributed by atoms with Gasteiger partial charge in [-0.1, -0.05) is 0 Å². The number of rotatable bonds is 5. The molecule has 2 rings (SSSR count). The molecule has 2 atom stereocenters. The number of aromatic nitrogens is 4. The molecular formula is C14H19N5O3. The number of aryl methyl sites for hydroxylation is 2. The van der Waals surface area contributed by atoms with Crippen LogP contribution in [0.1, 0.15) is 47.7 Å². The minimum atomic E-state index is -1.12. The van der Waals surface area contributed by atoms with Crippen molar-refractivity contribution >= 4 is 11.9 Å². The number of carboxylic acids is 1. The molecule has 2 aromatic rings. The fourth-order valence-corrected chi connectivity index (χ4v) is 2.24. The lowest BCUT2D eigenvalue weighted by Gasteiger charge is -2.17. The molecule has 0 fully saturated rings. The summed E-state index contributed by atoms with van der Waals surface area (Å²) in [4.78, 5) is 23.1. The Morgan fingerprint density at radius 1 is 1.32 bits per heavy atom. The zero-order chi connectivity index (χ0) is 16.4. The molecule has 0 aliphatic rings. The molecule has 0 aliphatic heterocycles. The maximum absolute atomic E-state index is 12.3. The summed E-state index contributed by atoms with van der Waals surface area (Å²) in [6.07, 6.45) is 3.34. The highest BCUT2D eigenvalue weighted by molar-refractivity contribution is 5.85. The summed E-state index contributed by atoms with van der Waals surface area (Å²) in [5.41, 5.74) is 1.71. The molecule has 1 amide bonds. The van der Waals surface area contributed by atoms with Gasteiger partial charge in [0, 0.05) is 25.0 Å². The normalized spacial score (nSPS) is 13.6. The average molecular weight is 305 g/mol. The molecule has 2 aromatic heterocycles. The van der Waals surface area contributed by atoms with Crippen molar-refractivity contribution in [2.45, 2.75) is 32.9 Å². The van der Waals surface area contributed by atoms with Crippen molar-refractivity contribution in [3.8, 4) is 0 Å². The fraction of sp³-hybridized carbons (Fsp3) is 0.429. The van der Waals surface area contributed by atoms with Crippen LogP contribution >= 0.6 is 0 Å². The lowest BCUT2D eigenvalue weighted by atomic mass is 10.1. The van der Waals surface area contributed by atoms with E-state index < -0.39 is 12.0 Å². The summed E-state index contributed by atoms with van der Waals surface area (Å²) in [6.45, 7) is 5.42. The lowest BCUT2D eigenvalue weighted by molar-refractivity contribution is -0.124. The maximum Gasteiger partial charge on any atom is 0.356 e. The average Bonchev–Trinajstić information content (AvgIpc) is 3.04. The molecule has 22 heavy (non-hydrogen) atoms. The van der Waals surface area contributed by atoms with Crippen LogP contribution in [-0.4, -0.2) is 36.5 Å². The van der Waals surface area contributed by atoms with E-state index in [1.807, 2.05) is 27.1 Å². The summed E-state index contributed by atoms with van der Waals surface area (Å²) in [5, 5.41) is 19.9. The highest BCUT2D eigenvalue weighted by atomic mass is 16.4. The molecule has 0 aromatic carbocycles. The van der Waals surface area contributed by atoms with Crippen molar-refractivity contribution in [1.82, 2.24) is 24.9 Å². The van der Waals surface area contributed by atoms with Crippen molar-refractivity contribution in [2.24, 2.45) is 7.05 Å². The molecule has 2 N–H and O–H groups in total. The Labute approximate surface area is 127 Å². The second kappa shape index (κ2) is 6.00. The summed E-state index contributed by atoms with van der Waals surface area (Å²) in [7, 11) is 1.82. The minimum absolute atomic E-state index is 0.0872. The van der Waals surface area contributed by atoms with Crippen LogP contribution in [0.5, 0.6) is 0 Å². The third-order valence-electron chi connectivity index (χ3n) is 3.48. The van der Waals surface area contributed by atoms with E-state index in [4.69, 9.17) is 5.11 Å². The van der Waals surface area contributed by atoms with E-state index in [9.17, 15) is 9.59 Å². The van der Waals surface area contributed by atoms with Crippen molar-refractivity contribution < 1.29 is 14.7 Å². The predicted molar refractivity (Wildman–Crippen MR) is 78.4 cm³/mol. The minimum Gasteiger partial charge on any atom is -0.476 e. The van der Waals surface area contributed by atoms with Crippen LogP contribution < -0.4 is 5.32 Å². The van der Waals surface area contributed by atoms with E-state index >= 15 is 0 Å². The van der Waals surface area contributed by atoms with Gasteiger partial charge in [-0.3, -0.25) is 14.2 Å². The first-order chi connectivity index (χ1) is 10.3. The van der Waals surface area contributed by atoms with Gasteiger partial charge in [0.25, 0.3) is 0 Å². The third kappa shape index (κ3) is 3.16. The predicted octanol–water partition coefficient (Wildman–Crippen LogP) is 1.06. The Morgan fingerprint density at radius 3 is 2.50 bits per heavy atom. The van der Waals surface area contributed by atoms with E-state index in [0.29, 0.717) is 0 Å². The van der Waals surface area contributed by atoms with Gasteiger partial charge >= 0.3 is 5.97 Å². The summed E-state index contributed by atoms with van der Waals surface area (Å²) < 4.78 is 3.03. The number of amides is 1. The molecule has 118 valence electrons. The van der Waals surface area contributed by atoms with Crippen LogP contribution in [0.15, 0.2) is 18.5 Å². The first kappa shape index (κ1) is 15.7. The molecule has 2 unspecified atom stereocenters. The van der Waals surface area contributed by atoms with Crippen molar-refractivity contribution in [3.63, 3.8) is 0 Å². The highest BCUT2D eigenvalue weighted by Gasteiger charge is 2.21. The molecule has 0 aliphatic carbocycles. The smallest absolute Gasteiger partial charge is 0.356 e. The number of nitrogens with zero attached hydrogens (tertiary/aromatic N) is 4. The quantitative estimate of drug-likeness (QED) is 0.860. The molecule has 0 spiro atoms. The second-order valence-electron chi connectivity index (χ2n) is 5.24. The molecule has 0 saturated carbocycles. The molecule has 0 saturated heterocycles. The number of carbonyl (C=O) groups is 2. The van der Waals surface area contributed by atoms with Gasteiger partial charge in [-0.15, -0.1) is 0 Å². The van der Waals surface area contributed by atoms with E-state index in [1.54, 1.807) is 11.6 Å². The molecule has 8 heteroatoms. The number of hydrogen-bond donors (Lipinski definition) is 2. The number of carbonyl (C=O) groups excluding carboxylic acids is 1. The Hall–Kier alpha value is -2.64. The first-order valence-electron chi connectivity index (χ1n) is 6.88. The zero-order valence-corrected chi connectivity index (χ0v) is 12.9. The molecule has 0 bridgehead atoms. The summed E-state index contributed by atoms with van der Waals surface area (Å²) in [6, 6.07) is 0.562. The van der Waals surface area contributed by atoms with E-state index in [0.717, 1.165) is 11.3 Å². The van der Waals surface area contributed by atoms with Gasteiger partial charge in [-0.2, -0.15) is 10.2 Å². The van der Waals surface area contributed by atoms with Gasteiger partial charge in [0.05, 0.1) is 11.7 Å². The van der Waals surface area contributed by atoms with Gasteiger partial charge in [-0.25, -0.2) is 4.79 Å². The van der Waals surface area contributed by atoms with Crippen molar-refractivity contribution in [2.75, 3.05) is 0 Å². The van der Waals surface area contributed by atoms with E-state index in [1.165, 1.54) is 16.9 Å². The van der Waals surface area contributed by atoms with Crippen LogP contribution in [0.2, 0.25) is 0 Å². The van der Waals surface area contributed by atoms with Gasteiger partial charge in [0.1, 0.15) is 6.04 Å². The largest absolute Gasteiger partial charge is 0.476 e. The van der Waals surface area contributed by atoms with E-state index in [2.05, 4.69) is 15.5 Å². The van der Waals surface area contributed by atoms with Gasteiger partial charge in [0.15, 0.2) is 5.69 Å². The second-order valence-corrected chi connectivity index (χ2v) is 5.24. The molecule has 2 heterocycles. The summed E-state index contributed by atoms with van der Waals surface area (Å²) >= 11 is 0. The molecule has 8 nitrogen and oxygen atoms in total. The van der Waals surface area contributed by atoms with Crippen LogP contribution in [0.4, 0.5) is 0 Å². The molecule has 0 radical (unpaired) electrons. The monoisotopic (exact) mass is 305 g/mol. The molecular weight excluding hydrogens is 286 g/mol. The topological polar surface area (TPSA) is 102 Å². The zero-order valence-electron chi connectivity index (χ0n) is 12.9. The number of hydrogen-bond acceptors (Lipinski definition) is 4. The standard InChI is InChI=1S/C14H19N5O3/c1-8(11-7-18(4)16-9(11)2)15-13(20)10(3)19-6-5-12(17-19)14(21)22/h5-8,10H,1-4H3,(H,15,20)(H,21,22). The van der Waals surface area contributed by atoms with Crippen LogP contribution in [0.25, 0.3) is 0 Å². The van der Waals surface area contributed by atoms with Crippen LogP contribution in [-0.2, 0) is 11.8 Å². The van der Waals surface area contributed by atoms with Gasteiger partial charge in [-0.05, 0) is 26.8 Å². The van der Waals surface area contributed by atoms with E-state index in [-0.39, 0.29) is 17.6 Å². The van der Waals surface area contributed by atoms with Crippen LogP contribution in [0.3, 0.4) is 0 Å². The highest BCUT2D eigenvalue weighted by Crippen LogP contribution is 2.17. The summed E-state index contributed by atoms with van der Waals surface area (Å²) in [5.74, 6) is -1.36. The van der Waals surface area contributed by atoms with Gasteiger partial charge in [0.2, 0.25) is 5.91 Å². The third-order valence-corrected chi connectivity index (χ3v) is 3.48. The number of nitrogens with one attached hydrogen (secondary N) is 1. The Kier molecular flexibility index (Phi) is 4.30. The lowest BCUT2D eigenvalue weighted by Crippen LogP contribution is -2.33. The maximum atomic E-state index is 12.3. The van der Waals surface area contributed by atoms with Crippen molar-refractivity contribution in [1.29, 1.82) is 0 Å². The number of aromatic carboxylic acids is 1. The first-order valence-corrected chi connectivity index (χ1v) is 6.88.